The van der Waals surface area contributed by atoms with Crippen molar-refractivity contribution in [1.82, 2.24) is 9.88 Å². The number of hydrogen-bond acceptors (Lipinski definition) is 2. The minimum absolute atomic E-state index is 0.0307. The molecule has 1 aliphatic rings. The zero-order chi connectivity index (χ0) is 9.97. The Morgan fingerprint density at radius 1 is 1.57 bits per heavy atom. The van der Waals surface area contributed by atoms with Crippen molar-refractivity contribution in [3.63, 3.8) is 0 Å². The number of rotatable bonds is 4. The first-order valence-electron chi connectivity index (χ1n) is 5.24. The summed E-state index contributed by atoms with van der Waals surface area (Å²) in [6, 6.07) is 4.19. The number of aromatic nitrogens is 1. The predicted octanol–water partition coefficient (Wildman–Crippen LogP) is 0.886. The molecule has 14 heavy (non-hydrogen) atoms. The second-order valence-corrected chi connectivity index (χ2v) is 4.23. The maximum absolute atomic E-state index is 9.11. The van der Waals surface area contributed by atoms with E-state index in [4.69, 9.17) is 5.11 Å². The highest BCUT2D eigenvalue weighted by Gasteiger charge is 2.26. The highest BCUT2D eigenvalue weighted by atomic mass is 16.3. The van der Waals surface area contributed by atoms with Gasteiger partial charge >= 0.3 is 0 Å². The Morgan fingerprint density at radius 3 is 2.93 bits per heavy atom. The van der Waals surface area contributed by atoms with Crippen LogP contribution in [0.15, 0.2) is 18.3 Å². The van der Waals surface area contributed by atoms with Gasteiger partial charge in [-0.25, -0.2) is 0 Å². The number of aliphatic hydroxyl groups excluding tert-OH is 1. The summed E-state index contributed by atoms with van der Waals surface area (Å²) in [6.07, 6.45) is 3.97. The first kappa shape index (κ1) is 9.74. The van der Waals surface area contributed by atoms with Crippen molar-refractivity contribution in [3.8, 4) is 0 Å². The van der Waals surface area contributed by atoms with Crippen molar-refractivity contribution in [2.75, 3.05) is 6.54 Å². The van der Waals surface area contributed by atoms with Crippen molar-refractivity contribution in [1.29, 1.82) is 0 Å². The second-order valence-electron chi connectivity index (χ2n) is 4.23. The number of nitrogens with zero attached hydrogens (tertiary/aromatic N) is 1. The molecule has 1 aliphatic carbocycles. The van der Waals surface area contributed by atoms with E-state index < -0.39 is 0 Å². The van der Waals surface area contributed by atoms with Crippen molar-refractivity contribution in [2.24, 2.45) is 13.0 Å². The molecule has 3 heteroatoms. The Bertz CT molecular complexity index is 289. The van der Waals surface area contributed by atoms with Crippen molar-refractivity contribution in [3.05, 3.63) is 24.0 Å². The molecule has 3 nitrogen and oxygen atoms in total. The van der Waals surface area contributed by atoms with Gasteiger partial charge in [-0.05, 0) is 37.4 Å². The normalized spacial score (nSPS) is 26.1. The van der Waals surface area contributed by atoms with Crippen LogP contribution in [0.3, 0.4) is 0 Å². The average Bonchev–Trinajstić information content (AvgIpc) is 2.49. The molecular formula is C11H18N2O. The minimum atomic E-state index is -0.0307. The molecule has 0 spiro atoms. The lowest BCUT2D eigenvalue weighted by molar-refractivity contribution is 0.0429. The first-order chi connectivity index (χ1) is 6.75. The van der Waals surface area contributed by atoms with Crippen LogP contribution >= 0.6 is 0 Å². The Balaban J connectivity index is 1.66. The predicted molar refractivity (Wildman–Crippen MR) is 55.9 cm³/mol. The van der Waals surface area contributed by atoms with E-state index >= 15 is 0 Å². The van der Waals surface area contributed by atoms with Gasteiger partial charge in [0, 0.05) is 25.5 Å². The summed E-state index contributed by atoms with van der Waals surface area (Å²) in [4.78, 5) is 0. The van der Waals surface area contributed by atoms with E-state index in [0.717, 1.165) is 25.9 Å². The summed E-state index contributed by atoms with van der Waals surface area (Å²) in [5.41, 5.74) is 1.31. The van der Waals surface area contributed by atoms with E-state index in [1.54, 1.807) is 0 Å². The third kappa shape index (κ3) is 2.16. The molecule has 0 aromatic carbocycles. The lowest BCUT2D eigenvalue weighted by Crippen LogP contribution is -2.36. The largest absolute Gasteiger partial charge is 0.393 e. The van der Waals surface area contributed by atoms with Gasteiger partial charge < -0.3 is 15.0 Å². The van der Waals surface area contributed by atoms with Crippen LogP contribution < -0.4 is 5.32 Å². The van der Waals surface area contributed by atoms with Gasteiger partial charge in [0.15, 0.2) is 0 Å². The lowest BCUT2D eigenvalue weighted by atomic mass is 9.82. The SMILES string of the molecule is Cn1cccc1CNCC1CC(O)C1. The molecule has 1 aromatic rings. The molecule has 1 heterocycles. The maximum atomic E-state index is 9.11. The van der Waals surface area contributed by atoms with E-state index in [1.807, 2.05) is 0 Å². The summed E-state index contributed by atoms with van der Waals surface area (Å²) in [5, 5.41) is 12.5. The number of aryl methyl sites for hydroxylation is 1. The van der Waals surface area contributed by atoms with Crippen LogP contribution in [-0.2, 0) is 13.6 Å². The Labute approximate surface area is 84.7 Å². The molecule has 1 aromatic heterocycles. The Hall–Kier alpha value is -0.800. The lowest BCUT2D eigenvalue weighted by Gasteiger charge is -2.31. The Morgan fingerprint density at radius 2 is 2.36 bits per heavy atom. The van der Waals surface area contributed by atoms with Crippen LogP contribution in [0.2, 0.25) is 0 Å². The van der Waals surface area contributed by atoms with Gasteiger partial charge in [0.25, 0.3) is 0 Å². The number of hydrogen-bond donors (Lipinski definition) is 2. The summed E-state index contributed by atoms with van der Waals surface area (Å²) in [7, 11) is 2.06. The average molecular weight is 194 g/mol. The quantitative estimate of drug-likeness (QED) is 0.747. The summed E-state index contributed by atoms with van der Waals surface area (Å²) in [6.45, 7) is 1.96. The van der Waals surface area contributed by atoms with Gasteiger partial charge in [-0.2, -0.15) is 0 Å². The second kappa shape index (κ2) is 4.15. The fourth-order valence-corrected chi connectivity index (χ4v) is 1.95. The maximum Gasteiger partial charge on any atom is 0.0546 e. The van der Waals surface area contributed by atoms with Crippen LogP contribution in [0, 0.1) is 5.92 Å². The molecule has 2 rings (SSSR count). The highest BCUT2D eigenvalue weighted by Crippen LogP contribution is 2.26. The van der Waals surface area contributed by atoms with Crippen LogP contribution in [0.4, 0.5) is 0 Å². The molecule has 0 unspecified atom stereocenters. The molecule has 0 bridgehead atoms. The van der Waals surface area contributed by atoms with Crippen molar-refractivity contribution >= 4 is 0 Å². The van der Waals surface area contributed by atoms with E-state index in [9.17, 15) is 0 Å². The van der Waals surface area contributed by atoms with Crippen LogP contribution in [0.5, 0.6) is 0 Å². The first-order valence-corrected chi connectivity index (χ1v) is 5.24. The molecule has 1 fully saturated rings. The molecule has 2 N–H and O–H groups in total. The fraction of sp³-hybridized carbons (Fsp3) is 0.636. The molecule has 78 valence electrons. The summed E-state index contributed by atoms with van der Waals surface area (Å²) in [5.74, 6) is 0.685. The van der Waals surface area contributed by atoms with Gasteiger partial charge in [0.1, 0.15) is 0 Å². The van der Waals surface area contributed by atoms with Crippen LogP contribution in [-0.4, -0.2) is 22.3 Å². The molecule has 0 radical (unpaired) electrons. The van der Waals surface area contributed by atoms with E-state index in [-0.39, 0.29) is 6.10 Å². The molecule has 1 saturated carbocycles. The molecule has 0 amide bonds. The Kier molecular flexibility index (Phi) is 2.89. The van der Waals surface area contributed by atoms with Crippen LogP contribution in [0.25, 0.3) is 0 Å². The van der Waals surface area contributed by atoms with E-state index in [2.05, 4.69) is 35.3 Å². The molecule has 0 saturated heterocycles. The third-order valence-corrected chi connectivity index (χ3v) is 3.00. The zero-order valence-corrected chi connectivity index (χ0v) is 8.61. The van der Waals surface area contributed by atoms with Gasteiger partial charge in [0.05, 0.1) is 6.10 Å². The highest BCUT2D eigenvalue weighted by molar-refractivity contribution is 5.05. The van der Waals surface area contributed by atoms with Gasteiger partial charge in [-0.3, -0.25) is 0 Å². The number of nitrogens with one attached hydrogen (secondary N) is 1. The molecule has 0 aliphatic heterocycles. The molecular weight excluding hydrogens is 176 g/mol. The standard InChI is InChI=1S/C11H18N2O/c1-13-4-2-3-10(13)8-12-7-9-5-11(14)6-9/h2-4,9,11-12,14H,5-8H2,1H3. The van der Waals surface area contributed by atoms with Gasteiger partial charge in [-0.15, -0.1) is 0 Å². The smallest absolute Gasteiger partial charge is 0.0546 e. The van der Waals surface area contributed by atoms with Gasteiger partial charge in [-0.1, -0.05) is 0 Å². The third-order valence-electron chi connectivity index (χ3n) is 3.00. The van der Waals surface area contributed by atoms with Crippen LogP contribution in [0.1, 0.15) is 18.5 Å². The summed E-state index contributed by atoms with van der Waals surface area (Å²) < 4.78 is 2.13. The van der Waals surface area contributed by atoms with E-state index in [1.165, 1.54) is 5.69 Å². The summed E-state index contributed by atoms with van der Waals surface area (Å²) >= 11 is 0. The minimum Gasteiger partial charge on any atom is -0.393 e. The molecule has 0 atom stereocenters. The number of aliphatic hydroxyl groups is 1. The van der Waals surface area contributed by atoms with Gasteiger partial charge in [0.2, 0.25) is 0 Å². The van der Waals surface area contributed by atoms with Crippen molar-refractivity contribution < 1.29 is 5.11 Å². The monoisotopic (exact) mass is 194 g/mol. The van der Waals surface area contributed by atoms with E-state index in [0.29, 0.717) is 5.92 Å². The van der Waals surface area contributed by atoms with Crippen molar-refractivity contribution in [2.45, 2.75) is 25.5 Å². The fourth-order valence-electron chi connectivity index (χ4n) is 1.95. The topological polar surface area (TPSA) is 37.2 Å². The zero-order valence-electron chi connectivity index (χ0n) is 8.61.